The Labute approximate surface area is 329 Å². The molecule has 2 aromatic carbocycles. The molecular weight excluding hydrogens is 737 g/mol. The highest BCUT2D eigenvalue weighted by atomic mass is 35.5. The number of benzene rings is 2. The average Bonchev–Trinajstić information content (AvgIpc) is 3.01. The van der Waals surface area contributed by atoms with Crippen molar-refractivity contribution in [3.8, 4) is 0 Å². The van der Waals surface area contributed by atoms with E-state index in [1.54, 1.807) is 48.5 Å². The third kappa shape index (κ3) is 18.3. The highest BCUT2D eigenvalue weighted by Gasteiger charge is 2.36. The molecule has 2 heterocycles. The van der Waals surface area contributed by atoms with Crippen LogP contribution in [0.3, 0.4) is 0 Å². The van der Waals surface area contributed by atoms with Crippen LogP contribution in [0.4, 0.5) is 14.4 Å². The number of hydrogen-bond acceptors (Lipinski definition) is 9. The second-order valence-electron chi connectivity index (χ2n) is 16.4. The molecule has 0 unspecified atom stereocenters. The van der Waals surface area contributed by atoms with Gasteiger partial charge in [-0.25, -0.2) is 14.4 Å². The molecule has 4 rings (SSSR count). The molecule has 2 fully saturated rings. The Morgan fingerprint density at radius 3 is 1.46 bits per heavy atom. The van der Waals surface area contributed by atoms with E-state index >= 15 is 0 Å². The summed E-state index contributed by atoms with van der Waals surface area (Å²) in [5.74, 6) is 0.188. The summed E-state index contributed by atoms with van der Waals surface area (Å²) in [6.45, 7) is 19.6. The van der Waals surface area contributed by atoms with E-state index in [0.717, 1.165) is 29.8 Å². The monoisotopic (exact) mass is 793 g/mol. The molecule has 2 saturated heterocycles. The van der Waals surface area contributed by atoms with Crippen LogP contribution in [0.25, 0.3) is 0 Å². The van der Waals surface area contributed by atoms with Crippen molar-refractivity contribution in [2.45, 2.75) is 137 Å². The number of carbonyl (C=O) groups excluding carboxylic acids is 5. The van der Waals surface area contributed by atoms with Gasteiger partial charge in [0.05, 0.1) is 6.04 Å². The van der Waals surface area contributed by atoms with Gasteiger partial charge < -0.3 is 29.6 Å². The Hall–Kier alpha value is -4.03. The fourth-order valence-electron chi connectivity index (χ4n) is 5.14. The van der Waals surface area contributed by atoms with E-state index in [1.807, 2.05) is 76.2 Å². The van der Waals surface area contributed by atoms with Gasteiger partial charge in [0.15, 0.2) is 0 Å². The first kappa shape index (κ1) is 46.1. The fourth-order valence-corrected chi connectivity index (χ4v) is 5.40. The summed E-state index contributed by atoms with van der Waals surface area (Å²) in [4.78, 5) is 59.5. The van der Waals surface area contributed by atoms with Crippen LogP contribution in [0.2, 0.25) is 10.0 Å². The first-order chi connectivity index (χ1) is 24.8. The smallest absolute Gasteiger partial charge is 0.444 e. The van der Waals surface area contributed by atoms with Crippen molar-refractivity contribution in [3.63, 3.8) is 0 Å². The van der Waals surface area contributed by atoms with Gasteiger partial charge in [0.25, 0.3) is 0 Å². The minimum atomic E-state index is -1.06. The number of piperazine rings is 1. The number of nitrogens with one attached hydrogen (secondary N) is 2. The largest absolute Gasteiger partial charge is 0.519 e. The van der Waals surface area contributed by atoms with Crippen molar-refractivity contribution in [2.75, 3.05) is 6.54 Å². The molecule has 0 radical (unpaired) electrons. The Morgan fingerprint density at radius 2 is 1.06 bits per heavy atom. The number of hydrogen-bond donors (Lipinski definition) is 2. The number of piperidine rings is 1. The standard InChI is InChI=1S/C17H23ClN2O3.C13H16ClNO.C10H18O5/c1-11-15(21)19-14(9-12-5-7-13(18)8-6-12)10-20(11)16(22)23-17(2,3)4;1-9-2-7-12(15-13(9)16)8-10-3-5-11(14)6-4-10;1-9(2,3)14-7(11)13-8(12)15-10(4,5)6/h5-8,11,14H,9-10H2,1-4H3,(H,19,21);3-6,9,12H,2,7-8H2,1H3,(H,15,16);1-6H3/t11-,14-;9-,12-;/m01./s1. The molecule has 2 aromatic rings. The van der Waals surface area contributed by atoms with E-state index in [-0.39, 0.29) is 29.8 Å². The number of ether oxygens (including phenoxy) is 4. The van der Waals surface area contributed by atoms with Gasteiger partial charge in [-0.1, -0.05) is 54.4 Å². The van der Waals surface area contributed by atoms with Gasteiger partial charge in [0.2, 0.25) is 11.8 Å². The number of rotatable bonds is 4. The number of nitrogens with zero attached hydrogens (tertiary/aromatic N) is 1. The molecule has 4 atom stereocenters. The van der Waals surface area contributed by atoms with Crippen molar-refractivity contribution in [1.82, 2.24) is 15.5 Å². The lowest BCUT2D eigenvalue weighted by molar-refractivity contribution is -0.130. The summed E-state index contributed by atoms with van der Waals surface area (Å²) in [6, 6.07) is 14.9. The maximum atomic E-state index is 12.3. The molecule has 0 aliphatic carbocycles. The van der Waals surface area contributed by atoms with E-state index in [9.17, 15) is 24.0 Å². The molecule has 14 heteroatoms. The first-order valence-electron chi connectivity index (χ1n) is 18.0. The summed E-state index contributed by atoms with van der Waals surface area (Å²) in [5, 5.41) is 7.44. The highest BCUT2D eigenvalue weighted by molar-refractivity contribution is 6.30. The molecule has 0 aromatic heterocycles. The molecule has 0 bridgehead atoms. The van der Waals surface area contributed by atoms with Gasteiger partial charge in [0, 0.05) is 28.5 Å². The Kier molecular flexibility index (Phi) is 17.1. The van der Waals surface area contributed by atoms with E-state index < -0.39 is 41.2 Å². The van der Waals surface area contributed by atoms with Crippen molar-refractivity contribution in [2.24, 2.45) is 5.92 Å². The second kappa shape index (κ2) is 20.0. The molecular formula is C40H57Cl2N3O9. The Balaban J connectivity index is 0.000000290. The van der Waals surface area contributed by atoms with Crippen LogP contribution >= 0.6 is 23.2 Å². The summed E-state index contributed by atoms with van der Waals surface area (Å²) in [7, 11) is 0. The van der Waals surface area contributed by atoms with Crippen LogP contribution in [-0.2, 0) is 41.4 Å². The maximum Gasteiger partial charge on any atom is 0.519 e. The zero-order chi connectivity index (χ0) is 41.0. The summed E-state index contributed by atoms with van der Waals surface area (Å²) >= 11 is 11.7. The lowest BCUT2D eigenvalue weighted by atomic mass is 9.92. The van der Waals surface area contributed by atoms with E-state index in [2.05, 4.69) is 15.4 Å². The third-order valence-corrected chi connectivity index (χ3v) is 8.22. The molecule has 54 heavy (non-hydrogen) atoms. The predicted octanol–water partition coefficient (Wildman–Crippen LogP) is 8.68. The van der Waals surface area contributed by atoms with Crippen LogP contribution < -0.4 is 10.6 Å². The van der Waals surface area contributed by atoms with Crippen molar-refractivity contribution < 1.29 is 42.9 Å². The lowest BCUT2D eigenvalue weighted by Crippen LogP contribution is -2.61. The van der Waals surface area contributed by atoms with Gasteiger partial charge in [-0.2, -0.15) is 0 Å². The molecule has 2 aliphatic rings. The van der Waals surface area contributed by atoms with Crippen LogP contribution in [0.1, 0.15) is 100 Å². The second-order valence-corrected chi connectivity index (χ2v) is 17.3. The SMILES string of the molecule is CC(C)(C)OC(=O)OC(=O)OC(C)(C)C.C[C@@H]1CC[C@H](Cc2ccc(Cl)cc2)NC1=O.C[C@H]1C(=O)N[C@@H](Cc2ccc(Cl)cc2)CN1C(=O)OC(C)(C)C. The summed E-state index contributed by atoms with van der Waals surface area (Å²) in [5.41, 5.74) is 0.303. The molecule has 0 saturated carbocycles. The van der Waals surface area contributed by atoms with Crippen LogP contribution in [0, 0.1) is 5.92 Å². The molecule has 3 amide bonds. The predicted molar refractivity (Wildman–Crippen MR) is 209 cm³/mol. The maximum absolute atomic E-state index is 12.3. The van der Waals surface area contributed by atoms with Crippen LogP contribution in [0.15, 0.2) is 48.5 Å². The van der Waals surface area contributed by atoms with Crippen molar-refractivity contribution >= 4 is 53.4 Å². The van der Waals surface area contributed by atoms with Gasteiger partial charge in [-0.3, -0.25) is 14.5 Å². The lowest BCUT2D eigenvalue weighted by Gasteiger charge is -2.38. The molecule has 2 N–H and O–H groups in total. The third-order valence-electron chi connectivity index (χ3n) is 7.72. The normalized spacial score (nSPS) is 20.1. The summed E-state index contributed by atoms with van der Waals surface area (Å²) < 4.78 is 19.2. The van der Waals surface area contributed by atoms with E-state index in [4.69, 9.17) is 37.4 Å². The first-order valence-corrected chi connectivity index (χ1v) is 18.8. The van der Waals surface area contributed by atoms with E-state index in [0.29, 0.717) is 18.0 Å². The quantitative estimate of drug-likeness (QED) is 0.176. The summed E-state index contributed by atoms with van der Waals surface area (Å²) in [6.07, 6.45) is 1.01. The van der Waals surface area contributed by atoms with E-state index in [1.165, 1.54) is 10.5 Å². The van der Waals surface area contributed by atoms with Gasteiger partial charge in [-0.15, -0.1) is 0 Å². The molecule has 12 nitrogen and oxygen atoms in total. The Morgan fingerprint density at radius 1 is 0.648 bits per heavy atom. The van der Waals surface area contributed by atoms with Crippen molar-refractivity contribution in [1.29, 1.82) is 0 Å². The van der Waals surface area contributed by atoms with Crippen LogP contribution in [-0.4, -0.2) is 76.6 Å². The van der Waals surface area contributed by atoms with Crippen molar-refractivity contribution in [3.05, 3.63) is 69.7 Å². The number of halogens is 2. The average molecular weight is 795 g/mol. The zero-order valence-electron chi connectivity index (χ0n) is 33.3. The number of amides is 3. The minimum absolute atomic E-state index is 0.146. The van der Waals surface area contributed by atoms with Crippen LogP contribution in [0.5, 0.6) is 0 Å². The topological polar surface area (TPSA) is 150 Å². The minimum Gasteiger partial charge on any atom is -0.444 e. The fraction of sp³-hybridized carbons (Fsp3) is 0.575. The molecule has 0 spiro atoms. The zero-order valence-corrected chi connectivity index (χ0v) is 34.9. The number of carbonyl (C=O) groups is 5. The molecule has 300 valence electrons. The van der Waals surface area contributed by atoms with Gasteiger partial charge >= 0.3 is 18.4 Å². The van der Waals surface area contributed by atoms with Gasteiger partial charge in [0.1, 0.15) is 22.8 Å². The van der Waals surface area contributed by atoms with Gasteiger partial charge in [-0.05, 0) is 130 Å². The highest BCUT2D eigenvalue weighted by Crippen LogP contribution is 2.20. The Bertz CT molecular complexity index is 1540. The molecule has 2 aliphatic heterocycles.